The molecule has 0 saturated carbocycles. The van der Waals surface area contributed by atoms with Gasteiger partial charge >= 0.3 is 5.97 Å². The van der Waals surface area contributed by atoms with E-state index in [1.807, 2.05) is 44.2 Å². The molecule has 0 atom stereocenters. The number of carbonyl (C=O) groups excluding carboxylic acids is 1. The molecule has 2 rings (SSSR count). The number of carbonyl (C=O) groups is 2. The molecule has 1 aromatic carbocycles. The summed E-state index contributed by atoms with van der Waals surface area (Å²) in [5.41, 5.74) is 1.69. The van der Waals surface area contributed by atoms with Crippen molar-refractivity contribution in [2.24, 2.45) is 5.92 Å². The van der Waals surface area contributed by atoms with Crippen molar-refractivity contribution in [1.29, 1.82) is 0 Å². The predicted molar refractivity (Wildman–Crippen MR) is 102 cm³/mol. The number of aromatic nitrogens is 1. The SMILES string of the molecule is CC(C)CN(CCC(=O)O)C(=O)CSCc1coc(-c2ccccc2)n1. The zero-order valence-electron chi connectivity index (χ0n) is 15.1. The molecule has 0 unspecified atom stereocenters. The second kappa shape index (κ2) is 10.0. The van der Waals surface area contributed by atoms with E-state index in [1.165, 1.54) is 11.8 Å². The molecule has 1 aromatic heterocycles. The van der Waals surface area contributed by atoms with Gasteiger partial charge in [-0.2, -0.15) is 0 Å². The van der Waals surface area contributed by atoms with E-state index in [0.29, 0.717) is 29.9 Å². The first-order valence-corrected chi connectivity index (χ1v) is 9.68. The van der Waals surface area contributed by atoms with Gasteiger partial charge in [-0.05, 0) is 18.1 Å². The van der Waals surface area contributed by atoms with Gasteiger partial charge < -0.3 is 14.4 Å². The molecule has 2 aromatic rings. The van der Waals surface area contributed by atoms with Gasteiger partial charge in [-0.1, -0.05) is 32.0 Å². The highest BCUT2D eigenvalue weighted by Gasteiger charge is 2.16. The Hall–Kier alpha value is -2.28. The maximum Gasteiger partial charge on any atom is 0.305 e. The van der Waals surface area contributed by atoms with Gasteiger partial charge in [0, 0.05) is 24.4 Å². The monoisotopic (exact) mass is 376 g/mol. The van der Waals surface area contributed by atoms with E-state index in [0.717, 1.165) is 11.3 Å². The number of benzene rings is 1. The fourth-order valence-electron chi connectivity index (χ4n) is 2.41. The van der Waals surface area contributed by atoms with Gasteiger partial charge in [0.05, 0.1) is 17.9 Å². The number of hydrogen-bond donors (Lipinski definition) is 1. The van der Waals surface area contributed by atoms with E-state index in [-0.39, 0.29) is 18.9 Å². The van der Waals surface area contributed by atoms with Crippen molar-refractivity contribution in [3.63, 3.8) is 0 Å². The lowest BCUT2D eigenvalue weighted by atomic mass is 10.2. The summed E-state index contributed by atoms with van der Waals surface area (Å²) >= 11 is 1.45. The number of rotatable bonds is 10. The first kappa shape index (κ1) is 20.0. The largest absolute Gasteiger partial charge is 0.481 e. The molecule has 1 amide bonds. The van der Waals surface area contributed by atoms with Gasteiger partial charge in [-0.15, -0.1) is 11.8 Å². The summed E-state index contributed by atoms with van der Waals surface area (Å²) in [6.07, 6.45) is 1.57. The third-order valence-corrected chi connectivity index (χ3v) is 4.53. The summed E-state index contributed by atoms with van der Waals surface area (Å²) in [4.78, 5) is 29.2. The van der Waals surface area contributed by atoms with Gasteiger partial charge in [-0.3, -0.25) is 9.59 Å². The zero-order valence-corrected chi connectivity index (χ0v) is 15.9. The summed E-state index contributed by atoms with van der Waals surface area (Å²) in [6.45, 7) is 4.83. The van der Waals surface area contributed by atoms with Crippen molar-refractivity contribution < 1.29 is 19.1 Å². The minimum atomic E-state index is -0.893. The maximum absolute atomic E-state index is 12.4. The molecule has 0 saturated heterocycles. The van der Waals surface area contributed by atoms with E-state index in [4.69, 9.17) is 9.52 Å². The summed E-state index contributed by atoms with van der Waals surface area (Å²) in [5, 5.41) is 8.84. The number of thioether (sulfide) groups is 1. The molecular weight excluding hydrogens is 352 g/mol. The van der Waals surface area contributed by atoms with Crippen LogP contribution in [0.1, 0.15) is 26.0 Å². The molecule has 0 aliphatic carbocycles. The lowest BCUT2D eigenvalue weighted by Gasteiger charge is -2.23. The van der Waals surface area contributed by atoms with Crippen LogP contribution in [0.2, 0.25) is 0 Å². The summed E-state index contributed by atoms with van der Waals surface area (Å²) in [7, 11) is 0. The van der Waals surface area contributed by atoms with Crippen LogP contribution in [-0.4, -0.2) is 45.7 Å². The van der Waals surface area contributed by atoms with Crippen LogP contribution in [-0.2, 0) is 15.3 Å². The average molecular weight is 376 g/mol. The third-order valence-electron chi connectivity index (χ3n) is 3.58. The van der Waals surface area contributed by atoms with Crippen LogP contribution in [0.15, 0.2) is 41.0 Å². The number of hydrogen-bond acceptors (Lipinski definition) is 5. The van der Waals surface area contributed by atoms with Crippen LogP contribution >= 0.6 is 11.8 Å². The molecule has 0 radical (unpaired) electrons. The number of oxazole rings is 1. The van der Waals surface area contributed by atoms with Crippen molar-refractivity contribution >= 4 is 23.6 Å². The van der Waals surface area contributed by atoms with Crippen molar-refractivity contribution in [2.75, 3.05) is 18.8 Å². The maximum atomic E-state index is 12.4. The van der Waals surface area contributed by atoms with Gasteiger partial charge in [0.1, 0.15) is 6.26 Å². The van der Waals surface area contributed by atoms with Crippen LogP contribution in [0.5, 0.6) is 0 Å². The highest BCUT2D eigenvalue weighted by molar-refractivity contribution is 7.99. The molecule has 0 aliphatic heterocycles. The van der Waals surface area contributed by atoms with E-state index < -0.39 is 5.97 Å². The number of carboxylic acid groups (broad SMARTS) is 1. The molecular formula is C19H24N2O4S. The molecule has 6 nitrogen and oxygen atoms in total. The molecule has 1 N–H and O–H groups in total. The third kappa shape index (κ3) is 6.55. The van der Waals surface area contributed by atoms with Crippen LogP contribution in [0.4, 0.5) is 0 Å². The Bertz CT molecular complexity index is 715. The molecule has 0 fully saturated rings. The first-order valence-electron chi connectivity index (χ1n) is 8.53. The fourth-order valence-corrected chi connectivity index (χ4v) is 3.21. The van der Waals surface area contributed by atoms with Crippen LogP contribution in [0, 0.1) is 5.92 Å². The molecule has 1 heterocycles. The highest BCUT2D eigenvalue weighted by Crippen LogP contribution is 2.20. The topological polar surface area (TPSA) is 83.6 Å². The number of aliphatic carboxylic acids is 1. The standard InChI is InChI=1S/C19H24N2O4S/c1-14(2)10-21(9-8-18(23)24)17(22)13-26-12-16-11-25-19(20-16)15-6-4-3-5-7-15/h3-7,11,14H,8-10,12-13H2,1-2H3,(H,23,24). The van der Waals surface area contributed by atoms with Crippen molar-refractivity contribution in [2.45, 2.75) is 26.0 Å². The van der Waals surface area contributed by atoms with Gasteiger partial charge in [0.25, 0.3) is 0 Å². The van der Waals surface area contributed by atoms with Crippen LogP contribution in [0.25, 0.3) is 11.5 Å². The molecule has 0 aliphatic rings. The number of amides is 1. The Morgan fingerprint density at radius 2 is 2.00 bits per heavy atom. The van der Waals surface area contributed by atoms with E-state index >= 15 is 0 Å². The van der Waals surface area contributed by atoms with E-state index in [9.17, 15) is 9.59 Å². The molecule has 0 bridgehead atoms. The Morgan fingerprint density at radius 1 is 1.27 bits per heavy atom. The second-order valence-electron chi connectivity index (χ2n) is 6.38. The summed E-state index contributed by atoms with van der Waals surface area (Å²) in [5.74, 6) is 0.778. The number of carboxylic acids is 1. The Labute approximate surface area is 157 Å². The smallest absolute Gasteiger partial charge is 0.305 e. The van der Waals surface area contributed by atoms with E-state index in [1.54, 1.807) is 11.2 Å². The normalized spacial score (nSPS) is 10.9. The lowest BCUT2D eigenvalue weighted by molar-refractivity contribution is -0.138. The van der Waals surface area contributed by atoms with Gasteiger partial charge in [-0.25, -0.2) is 4.98 Å². The first-order chi connectivity index (χ1) is 12.5. The molecule has 26 heavy (non-hydrogen) atoms. The molecule has 7 heteroatoms. The Morgan fingerprint density at radius 3 is 2.65 bits per heavy atom. The Kier molecular flexibility index (Phi) is 7.72. The zero-order chi connectivity index (χ0) is 18.9. The van der Waals surface area contributed by atoms with Gasteiger partial charge in [0.15, 0.2) is 0 Å². The van der Waals surface area contributed by atoms with Crippen molar-refractivity contribution in [3.05, 3.63) is 42.3 Å². The van der Waals surface area contributed by atoms with Crippen molar-refractivity contribution in [1.82, 2.24) is 9.88 Å². The molecule has 0 spiro atoms. The quantitative estimate of drug-likeness (QED) is 0.683. The Balaban J connectivity index is 1.84. The fraction of sp³-hybridized carbons (Fsp3) is 0.421. The minimum absolute atomic E-state index is 0.0349. The highest BCUT2D eigenvalue weighted by atomic mass is 32.2. The summed E-state index contributed by atoms with van der Waals surface area (Å²) < 4.78 is 5.49. The molecule has 140 valence electrons. The van der Waals surface area contributed by atoms with E-state index in [2.05, 4.69) is 4.98 Å². The van der Waals surface area contributed by atoms with Crippen molar-refractivity contribution in [3.8, 4) is 11.5 Å². The van der Waals surface area contributed by atoms with Crippen LogP contribution < -0.4 is 0 Å². The minimum Gasteiger partial charge on any atom is -0.481 e. The average Bonchev–Trinajstić information content (AvgIpc) is 3.07. The summed E-state index contributed by atoms with van der Waals surface area (Å²) in [6, 6.07) is 9.64. The lowest BCUT2D eigenvalue weighted by Crippen LogP contribution is -2.37. The van der Waals surface area contributed by atoms with Crippen LogP contribution in [0.3, 0.4) is 0 Å². The second-order valence-corrected chi connectivity index (χ2v) is 7.37. The number of nitrogens with zero attached hydrogens (tertiary/aromatic N) is 2. The van der Waals surface area contributed by atoms with Gasteiger partial charge in [0.2, 0.25) is 11.8 Å². The predicted octanol–water partition coefficient (Wildman–Crippen LogP) is 3.53.